The lowest BCUT2D eigenvalue weighted by Crippen LogP contribution is -2.46. The van der Waals surface area contributed by atoms with Crippen molar-refractivity contribution in [3.63, 3.8) is 0 Å². The molecule has 0 saturated carbocycles. The molecule has 0 amide bonds. The van der Waals surface area contributed by atoms with E-state index in [0.717, 1.165) is 31.7 Å². The van der Waals surface area contributed by atoms with Crippen LogP contribution < -0.4 is 4.90 Å². The summed E-state index contributed by atoms with van der Waals surface area (Å²) in [5.74, 6) is 1.70. The van der Waals surface area contributed by atoms with Crippen LogP contribution in [0.2, 0.25) is 0 Å². The van der Waals surface area contributed by atoms with Crippen LogP contribution in [-0.4, -0.2) is 39.6 Å². The molecule has 3 heterocycles. The standard InChI is InChI=1S/C12H16N2O2S/c15-17-10-9-16-12(17)4-7-14(8-5-12)11-3-1-2-6-13-11/h1-3,6H,4-5,7-10H2. The van der Waals surface area contributed by atoms with Gasteiger partial charge in [0.2, 0.25) is 0 Å². The fourth-order valence-electron chi connectivity index (χ4n) is 2.54. The van der Waals surface area contributed by atoms with E-state index in [-0.39, 0.29) is 4.93 Å². The Balaban J connectivity index is 1.70. The quantitative estimate of drug-likeness (QED) is 0.752. The lowest BCUT2D eigenvalue weighted by Gasteiger charge is -2.37. The number of rotatable bonds is 1. The predicted octanol–water partition coefficient (Wildman–Crippen LogP) is 1.16. The van der Waals surface area contributed by atoms with E-state index < -0.39 is 10.8 Å². The highest BCUT2D eigenvalue weighted by atomic mass is 32.2. The molecule has 5 heteroatoms. The monoisotopic (exact) mass is 252 g/mol. The lowest BCUT2D eigenvalue weighted by atomic mass is 10.1. The highest BCUT2D eigenvalue weighted by molar-refractivity contribution is 7.86. The van der Waals surface area contributed by atoms with E-state index in [1.165, 1.54) is 0 Å². The maximum atomic E-state index is 11.9. The van der Waals surface area contributed by atoms with Crippen molar-refractivity contribution >= 4 is 16.6 Å². The van der Waals surface area contributed by atoms with Crippen LogP contribution in [0.1, 0.15) is 12.8 Å². The van der Waals surface area contributed by atoms with Gasteiger partial charge in [-0.1, -0.05) is 6.07 Å². The van der Waals surface area contributed by atoms with E-state index in [9.17, 15) is 4.21 Å². The van der Waals surface area contributed by atoms with Crippen LogP contribution in [0.25, 0.3) is 0 Å². The summed E-state index contributed by atoms with van der Waals surface area (Å²) < 4.78 is 17.7. The molecule has 92 valence electrons. The molecule has 1 atom stereocenters. The van der Waals surface area contributed by atoms with Gasteiger partial charge in [0.25, 0.3) is 0 Å². The molecule has 0 aliphatic carbocycles. The largest absolute Gasteiger partial charge is 0.361 e. The van der Waals surface area contributed by atoms with Crippen molar-refractivity contribution in [2.45, 2.75) is 17.8 Å². The smallest absolute Gasteiger partial charge is 0.146 e. The first kappa shape index (κ1) is 11.2. The van der Waals surface area contributed by atoms with Crippen LogP contribution in [0, 0.1) is 0 Å². The third-order valence-electron chi connectivity index (χ3n) is 3.55. The lowest BCUT2D eigenvalue weighted by molar-refractivity contribution is 0.0309. The van der Waals surface area contributed by atoms with Crippen LogP contribution in [0.15, 0.2) is 24.4 Å². The predicted molar refractivity (Wildman–Crippen MR) is 67.4 cm³/mol. The maximum absolute atomic E-state index is 11.9. The molecule has 2 fully saturated rings. The van der Waals surface area contributed by atoms with Crippen LogP contribution in [0.4, 0.5) is 5.82 Å². The normalized spacial score (nSPS) is 27.5. The molecule has 2 aliphatic rings. The second-order valence-corrected chi connectivity index (χ2v) is 6.33. The van der Waals surface area contributed by atoms with Gasteiger partial charge in [0.15, 0.2) is 0 Å². The van der Waals surface area contributed by atoms with Crippen molar-refractivity contribution < 1.29 is 8.95 Å². The Hall–Kier alpha value is -0.940. The molecular formula is C12H16N2O2S. The molecule has 1 spiro atoms. The Morgan fingerprint density at radius 2 is 2.18 bits per heavy atom. The van der Waals surface area contributed by atoms with Gasteiger partial charge >= 0.3 is 0 Å². The Morgan fingerprint density at radius 3 is 2.76 bits per heavy atom. The number of pyridine rings is 1. The number of nitrogens with zero attached hydrogens (tertiary/aromatic N) is 2. The molecule has 3 rings (SSSR count). The maximum Gasteiger partial charge on any atom is 0.146 e. The topological polar surface area (TPSA) is 42.4 Å². The second-order valence-electron chi connectivity index (χ2n) is 4.48. The van der Waals surface area contributed by atoms with Crippen LogP contribution in [0.3, 0.4) is 0 Å². The third-order valence-corrected chi connectivity index (χ3v) is 5.44. The minimum Gasteiger partial charge on any atom is -0.361 e. The van der Waals surface area contributed by atoms with Crippen LogP contribution >= 0.6 is 0 Å². The van der Waals surface area contributed by atoms with Gasteiger partial charge in [0, 0.05) is 37.9 Å². The zero-order valence-electron chi connectivity index (χ0n) is 9.67. The zero-order valence-corrected chi connectivity index (χ0v) is 10.5. The fraction of sp³-hybridized carbons (Fsp3) is 0.583. The summed E-state index contributed by atoms with van der Waals surface area (Å²) in [5, 5.41) is 0. The molecule has 2 aliphatic heterocycles. The van der Waals surface area contributed by atoms with Gasteiger partial charge < -0.3 is 9.64 Å². The molecule has 1 aromatic rings. The van der Waals surface area contributed by atoms with Gasteiger partial charge in [-0.3, -0.25) is 4.21 Å². The summed E-state index contributed by atoms with van der Waals surface area (Å²) in [6, 6.07) is 5.94. The molecular weight excluding hydrogens is 236 g/mol. The molecule has 1 aromatic heterocycles. The average molecular weight is 252 g/mol. The van der Waals surface area contributed by atoms with E-state index in [4.69, 9.17) is 4.74 Å². The van der Waals surface area contributed by atoms with Crippen molar-refractivity contribution in [1.82, 2.24) is 4.98 Å². The minimum atomic E-state index is -0.809. The third kappa shape index (κ3) is 1.98. The fourth-order valence-corrected chi connectivity index (χ4v) is 4.00. The number of hydrogen-bond acceptors (Lipinski definition) is 4. The summed E-state index contributed by atoms with van der Waals surface area (Å²) in [6.45, 7) is 2.40. The van der Waals surface area contributed by atoms with Gasteiger partial charge in [-0.05, 0) is 12.1 Å². The molecule has 1 unspecified atom stereocenters. The zero-order chi connectivity index (χ0) is 11.7. The Bertz CT molecular complexity index is 416. The summed E-state index contributed by atoms with van der Waals surface area (Å²) in [7, 11) is -0.809. The van der Waals surface area contributed by atoms with Crippen molar-refractivity contribution in [2.75, 3.05) is 30.3 Å². The molecule has 0 bridgehead atoms. The van der Waals surface area contributed by atoms with Gasteiger partial charge in [-0.2, -0.15) is 0 Å². The van der Waals surface area contributed by atoms with Crippen molar-refractivity contribution in [3.8, 4) is 0 Å². The van der Waals surface area contributed by atoms with E-state index in [0.29, 0.717) is 12.4 Å². The number of hydrogen-bond donors (Lipinski definition) is 0. The first-order valence-electron chi connectivity index (χ1n) is 5.99. The van der Waals surface area contributed by atoms with E-state index in [1.54, 1.807) is 0 Å². The van der Waals surface area contributed by atoms with Gasteiger partial charge in [0.1, 0.15) is 10.8 Å². The molecule has 0 radical (unpaired) electrons. The van der Waals surface area contributed by atoms with E-state index in [2.05, 4.69) is 9.88 Å². The Morgan fingerprint density at radius 1 is 1.35 bits per heavy atom. The summed E-state index contributed by atoms with van der Waals surface area (Å²) in [5.41, 5.74) is 0. The van der Waals surface area contributed by atoms with Crippen molar-refractivity contribution in [1.29, 1.82) is 0 Å². The van der Waals surface area contributed by atoms with Crippen molar-refractivity contribution in [3.05, 3.63) is 24.4 Å². The first-order chi connectivity index (χ1) is 8.30. The molecule has 0 aromatic carbocycles. The highest BCUT2D eigenvalue weighted by Gasteiger charge is 2.44. The molecule has 17 heavy (non-hydrogen) atoms. The number of anilines is 1. The first-order valence-corrected chi connectivity index (χ1v) is 7.30. The Kier molecular flexibility index (Phi) is 2.88. The number of piperidine rings is 1. The SMILES string of the molecule is O=S1CCOC12CCN(c1ccccn1)CC2. The summed E-state index contributed by atoms with van der Waals surface area (Å²) >= 11 is 0. The molecule has 4 nitrogen and oxygen atoms in total. The van der Waals surface area contributed by atoms with Gasteiger partial charge in [-0.15, -0.1) is 0 Å². The van der Waals surface area contributed by atoms with Crippen LogP contribution in [-0.2, 0) is 15.5 Å². The molecule has 0 N–H and O–H groups in total. The van der Waals surface area contributed by atoms with Crippen molar-refractivity contribution in [2.24, 2.45) is 0 Å². The molecule has 2 saturated heterocycles. The highest BCUT2D eigenvalue weighted by Crippen LogP contribution is 2.34. The summed E-state index contributed by atoms with van der Waals surface area (Å²) in [4.78, 5) is 6.23. The van der Waals surface area contributed by atoms with E-state index >= 15 is 0 Å². The Labute approximate surface area is 103 Å². The van der Waals surface area contributed by atoms with Gasteiger partial charge in [0.05, 0.1) is 17.4 Å². The van der Waals surface area contributed by atoms with E-state index in [1.807, 2.05) is 24.4 Å². The van der Waals surface area contributed by atoms with Gasteiger partial charge in [-0.25, -0.2) is 4.98 Å². The number of aromatic nitrogens is 1. The second kappa shape index (κ2) is 4.38. The number of ether oxygens (including phenoxy) is 1. The average Bonchev–Trinajstić information content (AvgIpc) is 2.73. The minimum absolute atomic E-state index is 0.356. The van der Waals surface area contributed by atoms with Crippen LogP contribution in [0.5, 0.6) is 0 Å². The summed E-state index contributed by atoms with van der Waals surface area (Å²) in [6.07, 6.45) is 3.50.